The molecule has 0 aliphatic heterocycles. The van der Waals surface area contributed by atoms with Gasteiger partial charge in [-0.05, 0) is 37.3 Å². The molecule has 0 aliphatic rings. The van der Waals surface area contributed by atoms with Crippen molar-refractivity contribution in [3.05, 3.63) is 59.5 Å². The van der Waals surface area contributed by atoms with E-state index < -0.39 is 18.0 Å². The molecule has 2 aromatic rings. The van der Waals surface area contributed by atoms with Crippen molar-refractivity contribution in [3.63, 3.8) is 0 Å². The van der Waals surface area contributed by atoms with Crippen molar-refractivity contribution in [2.24, 2.45) is 0 Å². The maximum atomic E-state index is 11.9. The molecule has 1 atom stereocenters. The molecule has 0 radical (unpaired) electrons. The second kappa shape index (κ2) is 7.09. The highest BCUT2D eigenvalue weighted by atomic mass is 16.5. The first-order valence-corrected chi connectivity index (χ1v) is 6.61. The predicted molar refractivity (Wildman–Crippen MR) is 76.6 cm³/mol. The Morgan fingerprint density at radius 3 is 2.86 bits per heavy atom. The Bertz CT molecular complexity index is 701. The van der Waals surface area contributed by atoms with Crippen LogP contribution in [0.25, 0.3) is 0 Å². The minimum absolute atomic E-state index is 0.220. The van der Waals surface area contributed by atoms with Crippen LogP contribution < -0.4 is 5.32 Å². The topological polar surface area (TPSA) is 92.3 Å². The van der Waals surface area contributed by atoms with Crippen molar-refractivity contribution >= 4 is 11.9 Å². The molecule has 0 aliphatic carbocycles. The number of esters is 1. The van der Waals surface area contributed by atoms with Crippen LogP contribution in [0.2, 0.25) is 0 Å². The summed E-state index contributed by atoms with van der Waals surface area (Å²) in [6.07, 6.45) is 0.556. The smallest absolute Gasteiger partial charge is 0.338 e. The maximum absolute atomic E-state index is 11.9. The molecule has 1 aromatic carbocycles. The monoisotopic (exact) mass is 298 g/mol. The summed E-state index contributed by atoms with van der Waals surface area (Å²) >= 11 is 0. The average molecular weight is 298 g/mol. The second-order valence-corrected chi connectivity index (χ2v) is 4.54. The van der Waals surface area contributed by atoms with Gasteiger partial charge >= 0.3 is 5.97 Å². The van der Waals surface area contributed by atoms with Gasteiger partial charge in [-0.2, -0.15) is 5.26 Å². The van der Waals surface area contributed by atoms with Gasteiger partial charge in [0.25, 0.3) is 5.91 Å². The number of amides is 1. The predicted octanol–water partition coefficient (Wildman–Crippen LogP) is 2.01. The van der Waals surface area contributed by atoms with Gasteiger partial charge in [0.05, 0.1) is 30.0 Å². The lowest BCUT2D eigenvalue weighted by atomic mass is 10.1. The van der Waals surface area contributed by atoms with Gasteiger partial charge in [0.2, 0.25) is 0 Å². The van der Waals surface area contributed by atoms with Gasteiger partial charge in [0, 0.05) is 0 Å². The van der Waals surface area contributed by atoms with Crippen LogP contribution >= 0.6 is 0 Å². The lowest BCUT2D eigenvalue weighted by molar-refractivity contribution is -0.129. The highest BCUT2D eigenvalue weighted by Crippen LogP contribution is 2.08. The molecule has 0 bridgehead atoms. The van der Waals surface area contributed by atoms with Crippen LogP contribution in [-0.4, -0.2) is 18.0 Å². The summed E-state index contributed by atoms with van der Waals surface area (Å²) < 4.78 is 10.2. The van der Waals surface area contributed by atoms with Crippen LogP contribution in [0.1, 0.15) is 28.6 Å². The van der Waals surface area contributed by atoms with Crippen LogP contribution in [0.15, 0.2) is 47.1 Å². The number of benzene rings is 1. The SMILES string of the molecule is CC(OC(=O)c1cccc(C#N)c1)C(=O)NCc1ccco1. The Morgan fingerprint density at radius 2 is 2.18 bits per heavy atom. The van der Waals surface area contributed by atoms with E-state index in [1.807, 2.05) is 6.07 Å². The number of hydrogen-bond acceptors (Lipinski definition) is 5. The largest absolute Gasteiger partial charge is 0.467 e. The fourth-order valence-electron chi connectivity index (χ4n) is 1.73. The van der Waals surface area contributed by atoms with Gasteiger partial charge in [0.15, 0.2) is 6.10 Å². The zero-order valence-electron chi connectivity index (χ0n) is 11.9. The molecule has 1 aromatic heterocycles. The molecule has 6 nitrogen and oxygen atoms in total. The van der Waals surface area contributed by atoms with Gasteiger partial charge in [0.1, 0.15) is 5.76 Å². The number of nitrogens with one attached hydrogen (secondary N) is 1. The van der Waals surface area contributed by atoms with Crippen molar-refractivity contribution < 1.29 is 18.7 Å². The third kappa shape index (κ3) is 3.96. The molecular formula is C16H14N2O4. The zero-order chi connectivity index (χ0) is 15.9. The second-order valence-electron chi connectivity index (χ2n) is 4.54. The molecule has 1 heterocycles. The molecule has 22 heavy (non-hydrogen) atoms. The lowest BCUT2D eigenvalue weighted by Crippen LogP contribution is -2.35. The molecular weight excluding hydrogens is 284 g/mol. The normalized spacial score (nSPS) is 11.3. The number of ether oxygens (including phenoxy) is 1. The maximum Gasteiger partial charge on any atom is 0.338 e. The number of carbonyl (C=O) groups is 2. The van der Waals surface area contributed by atoms with E-state index in [0.29, 0.717) is 11.3 Å². The molecule has 0 spiro atoms. The highest BCUT2D eigenvalue weighted by molar-refractivity contribution is 5.92. The molecule has 112 valence electrons. The Hall–Kier alpha value is -3.07. The molecule has 1 amide bonds. The van der Waals surface area contributed by atoms with Gasteiger partial charge in [-0.3, -0.25) is 4.79 Å². The Balaban J connectivity index is 1.90. The van der Waals surface area contributed by atoms with E-state index in [9.17, 15) is 9.59 Å². The van der Waals surface area contributed by atoms with E-state index in [4.69, 9.17) is 14.4 Å². The number of furan rings is 1. The van der Waals surface area contributed by atoms with E-state index in [-0.39, 0.29) is 12.1 Å². The van der Waals surface area contributed by atoms with Crippen molar-refractivity contribution in [3.8, 4) is 6.07 Å². The minimum atomic E-state index is -0.951. The number of nitrogens with zero attached hydrogens (tertiary/aromatic N) is 1. The molecule has 0 fully saturated rings. The van der Waals surface area contributed by atoms with E-state index in [0.717, 1.165) is 0 Å². The molecule has 1 unspecified atom stereocenters. The first-order valence-electron chi connectivity index (χ1n) is 6.61. The highest BCUT2D eigenvalue weighted by Gasteiger charge is 2.19. The Kier molecular flexibility index (Phi) is 4.94. The van der Waals surface area contributed by atoms with E-state index in [1.54, 1.807) is 24.3 Å². The number of carbonyl (C=O) groups excluding carboxylic acids is 2. The summed E-state index contributed by atoms with van der Waals surface area (Å²) in [5, 5.41) is 11.4. The summed E-state index contributed by atoms with van der Waals surface area (Å²) in [6.45, 7) is 1.70. The van der Waals surface area contributed by atoms with Gasteiger partial charge < -0.3 is 14.5 Å². The number of hydrogen-bond donors (Lipinski definition) is 1. The first kappa shape index (κ1) is 15.3. The quantitative estimate of drug-likeness (QED) is 0.852. The summed E-state index contributed by atoms with van der Waals surface area (Å²) in [4.78, 5) is 23.8. The first-order chi connectivity index (χ1) is 10.6. The van der Waals surface area contributed by atoms with Crippen molar-refractivity contribution in [1.82, 2.24) is 5.32 Å². The van der Waals surface area contributed by atoms with Crippen molar-refractivity contribution in [2.75, 3.05) is 0 Å². The fourth-order valence-corrected chi connectivity index (χ4v) is 1.73. The molecule has 2 rings (SSSR count). The fraction of sp³-hybridized carbons (Fsp3) is 0.188. The van der Waals surface area contributed by atoms with Crippen LogP contribution in [-0.2, 0) is 16.1 Å². The summed E-state index contributed by atoms with van der Waals surface area (Å²) in [5.74, 6) is -0.479. The average Bonchev–Trinajstić information content (AvgIpc) is 3.05. The summed E-state index contributed by atoms with van der Waals surface area (Å²) in [5.41, 5.74) is 0.578. The zero-order valence-corrected chi connectivity index (χ0v) is 11.9. The third-order valence-corrected chi connectivity index (χ3v) is 2.90. The summed E-state index contributed by atoms with van der Waals surface area (Å²) in [7, 11) is 0. The lowest BCUT2D eigenvalue weighted by Gasteiger charge is -2.13. The van der Waals surface area contributed by atoms with E-state index in [2.05, 4.69) is 5.32 Å². The Labute approximate surface area is 127 Å². The van der Waals surface area contributed by atoms with E-state index >= 15 is 0 Å². The minimum Gasteiger partial charge on any atom is -0.467 e. The standard InChI is InChI=1S/C16H14N2O4/c1-11(15(19)18-10-14-6-3-7-21-14)22-16(20)13-5-2-4-12(8-13)9-17/h2-8,11H,10H2,1H3,(H,18,19). The van der Waals surface area contributed by atoms with Crippen molar-refractivity contribution in [1.29, 1.82) is 5.26 Å². The molecule has 0 saturated carbocycles. The molecule has 0 saturated heterocycles. The molecule has 6 heteroatoms. The van der Waals surface area contributed by atoms with Gasteiger partial charge in [-0.1, -0.05) is 6.07 Å². The van der Waals surface area contributed by atoms with E-state index in [1.165, 1.54) is 25.3 Å². The van der Waals surface area contributed by atoms with Gasteiger partial charge in [-0.15, -0.1) is 0 Å². The van der Waals surface area contributed by atoms with Gasteiger partial charge in [-0.25, -0.2) is 4.79 Å². The van der Waals surface area contributed by atoms with Crippen LogP contribution in [0, 0.1) is 11.3 Å². The number of nitriles is 1. The van der Waals surface area contributed by atoms with Crippen LogP contribution in [0.3, 0.4) is 0 Å². The van der Waals surface area contributed by atoms with Crippen molar-refractivity contribution in [2.45, 2.75) is 19.6 Å². The molecule has 1 N–H and O–H groups in total. The third-order valence-electron chi connectivity index (χ3n) is 2.90. The number of rotatable bonds is 5. The van der Waals surface area contributed by atoms with Crippen LogP contribution in [0.5, 0.6) is 0 Å². The van der Waals surface area contributed by atoms with Crippen LogP contribution in [0.4, 0.5) is 0 Å². The Morgan fingerprint density at radius 1 is 1.36 bits per heavy atom. The summed E-state index contributed by atoms with van der Waals surface area (Å²) in [6, 6.07) is 11.5.